The second kappa shape index (κ2) is 9.52. The maximum Gasteiger partial charge on any atom is 0.416 e. The topological polar surface area (TPSA) is 79.3 Å². The fourth-order valence-corrected chi connectivity index (χ4v) is 6.91. The lowest BCUT2D eigenvalue weighted by molar-refractivity contribution is -0.263. The van der Waals surface area contributed by atoms with Gasteiger partial charge < -0.3 is 19.5 Å². The molecule has 1 amide bonds. The second-order valence-corrected chi connectivity index (χ2v) is 11.3. The number of hydrogen-bond acceptors (Lipinski definition) is 5. The molecule has 0 aromatic heterocycles. The number of benzene rings is 2. The van der Waals surface area contributed by atoms with Crippen molar-refractivity contribution in [1.29, 1.82) is 0 Å². The smallest absolute Gasteiger partial charge is 0.416 e. The highest BCUT2D eigenvalue weighted by atomic mass is 19.4. The van der Waals surface area contributed by atoms with E-state index in [0.717, 1.165) is 50.0 Å². The van der Waals surface area contributed by atoms with E-state index in [1.165, 1.54) is 11.0 Å². The zero-order valence-corrected chi connectivity index (χ0v) is 21.6. The Morgan fingerprint density at radius 1 is 1.10 bits per heavy atom. The third-order valence-corrected chi connectivity index (χ3v) is 9.17. The molecule has 2 unspecified atom stereocenters. The summed E-state index contributed by atoms with van der Waals surface area (Å²) in [5.74, 6) is -0.439. The van der Waals surface area contributed by atoms with E-state index in [-0.39, 0.29) is 24.6 Å². The molecule has 3 aliphatic heterocycles. The van der Waals surface area contributed by atoms with Crippen molar-refractivity contribution in [3.05, 3.63) is 64.7 Å². The SMILES string of the molecule is CC1OC2Oc3ccc(C(F)(F)F)cc3CN2C(=O)[C@]12CC[C@@H](N1CCC(c3cccc(C(=O)O)c3)CC1)C2. The summed E-state index contributed by atoms with van der Waals surface area (Å²) in [5.41, 5.74) is 0.167. The van der Waals surface area contributed by atoms with Crippen LogP contribution in [0.2, 0.25) is 0 Å². The van der Waals surface area contributed by atoms with Gasteiger partial charge in [0.2, 0.25) is 5.91 Å². The number of carbonyl (C=O) groups excluding carboxylic acids is 1. The minimum atomic E-state index is -4.48. The van der Waals surface area contributed by atoms with Crippen LogP contribution in [0.4, 0.5) is 13.2 Å². The number of ether oxygens (including phenoxy) is 2. The lowest BCUT2D eigenvalue weighted by atomic mass is 9.77. The zero-order valence-electron chi connectivity index (χ0n) is 21.6. The van der Waals surface area contributed by atoms with Gasteiger partial charge in [0.05, 0.1) is 29.2 Å². The van der Waals surface area contributed by atoms with Crippen LogP contribution >= 0.6 is 0 Å². The van der Waals surface area contributed by atoms with E-state index in [2.05, 4.69) is 4.90 Å². The molecule has 1 aliphatic carbocycles. The Morgan fingerprint density at radius 2 is 1.87 bits per heavy atom. The average Bonchev–Trinajstić information content (AvgIpc) is 3.37. The molecule has 6 rings (SSSR count). The summed E-state index contributed by atoms with van der Waals surface area (Å²) in [5, 5.41) is 9.32. The summed E-state index contributed by atoms with van der Waals surface area (Å²) in [6, 6.07) is 10.7. The van der Waals surface area contributed by atoms with Crippen molar-refractivity contribution in [3.63, 3.8) is 0 Å². The Hall–Kier alpha value is -3.11. The molecule has 2 aromatic rings. The van der Waals surface area contributed by atoms with Crippen LogP contribution < -0.4 is 4.74 Å². The molecule has 1 N–H and O–H groups in total. The summed E-state index contributed by atoms with van der Waals surface area (Å²) in [7, 11) is 0. The number of rotatable bonds is 3. The summed E-state index contributed by atoms with van der Waals surface area (Å²) < 4.78 is 51.8. The van der Waals surface area contributed by atoms with Gasteiger partial charge in [-0.25, -0.2) is 4.79 Å². The van der Waals surface area contributed by atoms with Gasteiger partial charge in [0.25, 0.3) is 6.41 Å². The first-order valence-corrected chi connectivity index (χ1v) is 13.5. The Balaban J connectivity index is 1.14. The molecule has 1 spiro atoms. The van der Waals surface area contributed by atoms with Crippen molar-refractivity contribution in [2.75, 3.05) is 13.1 Å². The number of carboxylic acids is 1. The lowest BCUT2D eigenvalue weighted by Gasteiger charge is -2.49. The molecule has 7 nitrogen and oxygen atoms in total. The third-order valence-electron chi connectivity index (χ3n) is 9.17. The average molecular weight is 545 g/mol. The number of amides is 1. The Labute approximate surface area is 224 Å². The Bertz CT molecular complexity index is 1290. The van der Waals surface area contributed by atoms with Crippen LogP contribution in [-0.4, -0.2) is 58.4 Å². The molecule has 2 saturated heterocycles. The summed E-state index contributed by atoms with van der Waals surface area (Å²) in [6.07, 6.45) is -1.87. The first-order chi connectivity index (χ1) is 18.5. The number of likely N-dealkylation sites (tertiary alicyclic amines) is 1. The maximum absolute atomic E-state index is 13.9. The number of nitrogens with zero attached hydrogens (tertiary/aromatic N) is 2. The number of alkyl halides is 3. The summed E-state index contributed by atoms with van der Waals surface area (Å²) >= 11 is 0. The summed E-state index contributed by atoms with van der Waals surface area (Å²) in [6.45, 7) is 3.62. The second-order valence-electron chi connectivity index (χ2n) is 11.3. The third kappa shape index (κ3) is 4.57. The van der Waals surface area contributed by atoms with Gasteiger partial charge in [0.15, 0.2) is 0 Å². The van der Waals surface area contributed by atoms with E-state index in [0.29, 0.717) is 35.6 Å². The Morgan fingerprint density at radius 3 is 2.59 bits per heavy atom. The van der Waals surface area contributed by atoms with Crippen LogP contribution in [0.5, 0.6) is 5.75 Å². The first-order valence-electron chi connectivity index (χ1n) is 13.5. The van der Waals surface area contributed by atoms with Crippen LogP contribution in [0, 0.1) is 5.41 Å². The molecular weight excluding hydrogens is 513 g/mol. The van der Waals surface area contributed by atoms with Crippen molar-refractivity contribution >= 4 is 11.9 Å². The van der Waals surface area contributed by atoms with Gasteiger partial charge in [-0.3, -0.25) is 9.69 Å². The van der Waals surface area contributed by atoms with Gasteiger partial charge in [-0.2, -0.15) is 13.2 Å². The van der Waals surface area contributed by atoms with Crippen LogP contribution in [0.1, 0.15) is 72.0 Å². The van der Waals surface area contributed by atoms with Crippen molar-refractivity contribution in [2.24, 2.45) is 5.41 Å². The molecule has 0 bridgehead atoms. The number of carbonyl (C=O) groups is 2. The molecular formula is C29H31F3N2O5. The highest BCUT2D eigenvalue weighted by Crippen LogP contribution is 2.51. The van der Waals surface area contributed by atoms with E-state index < -0.39 is 29.5 Å². The van der Waals surface area contributed by atoms with Crippen LogP contribution in [0.3, 0.4) is 0 Å². The van der Waals surface area contributed by atoms with Gasteiger partial charge >= 0.3 is 12.1 Å². The van der Waals surface area contributed by atoms with Crippen molar-refractivity contribution in [1.82, 2.24) is 9.80 Å². The number of carboxylic acid groups (broad SMARTS) is 1. The normalized spacial score (nSPS) is 29.7. The molecule has 3 heterocycles. The Kier molecular flexibility index (Phi) is 6.38. The van der Waals surface area contributed by atoms with Gasteiger partial charge in [0, 0.05) is 11.6 Å². The van der Waals surface area contributed by atoms with Crippen molar-refractivity contribution < 1.29 is 37.3 Å². The van der Waals surface area contributed by atoms with Crippen LogP contribution in [-0.2, 0) is 22.3 Å². The van der Waals surface area contributed by atoms with Gasteiger partial charge in [0.1, 0.15) is 5.75 Å². The molecule has 4 atom stereocenters. The molecule has 208 valence electrons. The van der Waals surface area contributed by atoms with E-state index in [9.17, 15) is 27.9 Å². The number of piperidine rings is 1. The summed E-state index contributed by atoms with van der Waals surface area (Å²) in [4.78, 5) is 29.2. The van der Waals surface area contributed by atoms with Crippen molar-refractivity contribution in [3.8, 4) is 5.75 Å². The monoisotopic (exact) mass is 544 g/mol. The van der Waals surface area contributed by atoms with Crippen molar-refractivity contribution in [2.45, 2.75) is 76.2 Å². The lowest BCUT2D eigenvalue weighted by Crippen LogP contribution is -2.62. The van der Waals surface area contributed by atoms with Gasteiger partial charge in [-0.15, -0.1) is 0 Å². The molecule has 1 saturated carbocycles. The fourth-order valence-electron chi connectivity index (χ4n) is 6.91. The number of hydrogen-bond donors (Lipinski definition) is 1. The predicted molar refractivity (Wildman–Crippen MR) is 134 cm³/mol. The highest BCUT2D eigenvalue weighted by Gasteiger charge is 2.58. The van der Waals surface area contributed by atoms with E-state index >= 15 is 0 Å². The number of aromatic carboxylic acids is 1. The minimum Gasteiger partial charge on any atom is -0.478 e. The minimum absolute atomic E-state index is 0.0166. The zero-order chi connectivity index (χ0) is 27.5. The number of fused-ring (bicyclic) bond motifs is 2. The van der Waals surface area contributed by atoms with E-state index in [1.807, 2.05) is 13.0 Å². The van der Waals surface area contributed by atoms with Gasteiger partial charge in [-0.1, -0.05) is 12.1 Å². The highest BCUT2D eigenvalue weighted by molar-refractivity contribution is 5.87. The molecule has 39 heavy (non-hydrogen) atoms. The standard InChI is InChI=1S/C29H31F3N2O5/c1-17-28(26(37)34-16-21-14-22(29(30,31)32)5-6-24(21)39-27(34)38-17)10-7-23(15-28)33-11-8-18(9-12-33)19-3-2-4-20(13-19)25(35)36/h2-6,13-14,17-18,23,27H,7-12,15-16H2,1H3,(H,35,36)/t17?,23-,27?,28+/m1/s1. The quantitative estimate of drug-likeness (QED) is 0.569. The fraction of sp³-hybridized carbons (Fsp3) is 0.517. The first kappa shape index (κ1) is 26.1. The maximum atomic E-state index is 13.9. The molecule has 4 aliphatic rings. The molecule has 2 aromatic carbocycles. The molecule has 3 fully saturated rings. The van der Waals surface area contributed by atoms with Crippen LogP contribution in [0.15, 0.2) is 42.5 Å². The number of halogens is 3. The largest absolute Gasteiger partial charge is 0.478 e. The van der Waals surface area contributed by atoms with E-state index in [1.54, 1.807) is 18.2 Å². The van der Waals surface area contributed by atoms with E-state index in [4.69, 9.17) is 9.47 Å². The van der Waals surface area contributed by atoms with Crippen LogP contribution in [0.25, 0.3) is 0 Å². The van der Waals surface area contributed by atoms with Gasteiger partial charge in [-0.05, 0) is 93.9 Å². The predicted octanol–water partition coefficient (Wildman–Crippen LogP) is 5.25. The molecule has 10 heteroatoms. The molecule has 0 radical (unpaired) electrons.